The summed E-state index contributed by atoms with van der Waals surface area (Å²) in [4.78, 5) is 14.5. The fraction of sp³-hybridized carbons (Fsp3) is 0.375. The minimum absolute atomic E-state index is 0. The number of carbonyl (C=O) groups is 1. The number of anilines is 1. The number of para-hydroxylation sites is 1. The molecular weight excluding hydrogens is 403 g/mol. The molecule has 0 fully saturated rings. The van der Waals surface area contributed by atoms with Crippen LogP contribution in [0, 0.1) is 0 Å². The number of fused-ring (bicyclic) bond motifs is 1. The van der Waals surface area contributed by atoms with Crippen LogP contribution in [0.2, 0.25) is 0 Å². The number of rotatable bonds is 10. The van der Waals surface area contributed by atoms with Crippen LogP contribution in [0.3, 0.4) is 0 Å². The van der Waals surface area contributed by atoms with Crippen LogP contribution in [0.5, 0.6) is 17.2 Å². The normalized spacial score (nSPS) is 12.5. The molecule has 0 unspecified atom stereocenters. The Kier molecular flexibility index (Phi) is 10.9. The Balaban J connectivity index is 0.00000256. The Morgan fingerprint density at radius 2 is 1.87 bits per heavy atom. The zero-order valence-corrected chi connectivity index (χ0v) is 20.7. The molecule has 0 bridgehead atoms. The van der Waals surface area contributed by atoms with Crippen LogP contribution >= 0.6 is 0 Å². The molecule has 1 N–H and O–H groups in total. The van der Waals surface area contributed by atoms with Crippen molar-refractivity contribution < 1.29 is 50.0 Å². The zero-order valence-electron chi connectivity index (χ0n) is 19.7. The maximum Gasteiger partial charge on any atom is 1.00 e. The van der Waals surface area contributed by atoms with Crippen LogP contribution in [-0.2, 0) is 4.79 Å². The molecule has 1 amide bonds. The number of hydrogen-bond acceptors (Lipinski definition) is 5. The van der Waals surface area contributed by atoms with Gasteiger partial charge in [0, 0.05) is 6.08 Å². The van der Waals surface area contributed by atoms with E-state index in [1.807, 2.05) is 36.4 Å². The van der Waals surface area contributed by atoms with Crippen molar-refractivity contribution >= 4 is 17.7 Å². The van der Waals surface area contributed by atoms with Crippen molar-refractivity contribution in [2.24, 2.45) is 0 Å². The van der Waals surface area contributed by atoms with E-state index in [9.17, 15) is 4.79 Å². The van der Waals surface area contributed by atoms with Crippen molar-refractivity contribution in [2.75, 3.05) is 45.8 Å². The number of ether oxygens (including phenoxy) is 3. The molecule has 0 aliphatic carbocycles. The fourth-order valence-electron chi connectivity index (χ4n) is 3.09. The van der Waals surface area contributed by atoms with E-state index in [1.54, 1.807) is 12.1 Å². The predicted molar refractivity (Wildman–Crippen MR) is 121 cm³/mol. The van der Waals surface area contributed by atoms with E-state index in [2.05, 4.69) is 24.3 Å². The molecule has 6 nitrogen and oxygen atoms in total. The van der Waals surface area contributed by atoms with Gasteiger partial charge in [0.15, 0.2) is 11.5 Å². The van der Waals surface area contributed by atoms with Crippen LogP contribution in [-0.4, -0.2) is 51.3 Å². The molecule has 0 atom stereocenters. The van der Waals surface area contributed by atoms with Crippen molar-refractivity contribution in [3.8, 4) is 17.2 Å². The third-order valence-corrected chi connectivity index (χ3v) is 4.65. The minimum atomic E-state index is -0.226. The first kappa shape index (κ1) is 25.3. The van der Waals surface area contributed by atoms with Gasteiger partial charge in [-0.2, -0.15) is 0 Å². The molecule has 162 valence electrons. The number of nitrogens with zero attached hydrogens (tertiary/aromatic N) is 1. The predicted octanol–water partition coefficient (Wildman–Crippen LogP) is 1.34. The van der Waals surface area contributed by atoms with Crippen LogP contribution < -0.4 is 49.1 Å². The number of benzene rings is 2. The molecule has 0 aromatic heterocycles. The second-order valence-corrected chi connectivity index (χ2v) is 7.43. The molecule has 0 saturated carbocycles. The quantitative estimate of drug-likeness (QED) is 0.347. The topological polar surface area (TPSA) is 60.0 Å². The Morgan fingerprint density at radius 3 is 2.65 bits per heavy atom. The Labute approximate surface area is 208 Å². The van der Waals surface area contributed by atoms with Gasteiger partial charge in [0.2, 0.25) is 5.91 Å². The van der Waals surface area contributed by atoms with E-state index < -0.39 is 0 Å². The van der Waals surface area contributed by atoms with Crippen molar-refractivity contribution in [3.05, 3.63) is 54.1 Å². The van der Waals surface area contributed by atoms with E-state index in [0.717, 1.165) is 37.3 Å². The third-order valence-electron chi connectivity index (χ3n) is 4.65. The molecule has 2 aromatic rings. The maximum atomic E-state index is 12.3. The summed E-state index contributed by atoms with van der Waals surface area (Å²) < 4.78 is 16.9. The summed E-state index contributed by atoms with van der Waals surface area (Å²) in [7, 11) is 4.18. The summed E-state index contributed by atoms with van der Waals surface area (Å²) in [5.41, 5.74) is 1.54. The zero-order chi connectivity index (χ0) is 21.2. The van der Waals surface area contributed by atoms with Crippen molar-refractivity contribution in [3.63, 3.8) is 0 Å². The Morgan fingerprint density at radius 1 is 1.10 bits per heavy atom. The number of nitrogens with one attached hydrogen (secondary N) is 1. The van der Waals surface area contributed by atoms with Crippen molar-refractivity contribution in [1.82, 2.24) is 4.90 Å². The van der Waals surface area contributed by atoms with Gasteiger partial charge in [-0.05, 0) is 75.8 Å². The second-order valence-electron chi connectivity index (χ2n) is 7.43. The van der Waals surface area contributed by atoms with Gasteiger partial charge in [-0.15, -0.1) is 0 Å². The molecule has 7 heteroatoms. The SMILES string of the molecule is CN(C)CCCCCOc1ccc(/C=C/C(=O)Nc2cccc3c2OCCO3)cc1.[H-].[Na+]. The molecule has 31 heavy (non-hydrogen) atoms. The van der Waals surface area contributed by atoms with E-state index in [1.165, 1.54) is 12.5 Å². The van der Waals surface area contributed by atoms with Gasteiger partial charge >= 0.3 is 29.6 Å². The van der Waals surface area contributed by atoms with E-state index >= 15 is 0 Å². The van der Waals surface area contributed by atoms with Gasteiger partial charge in [0.25, 0.3) is 0 Å². The first-order valence-corrected chi connectivity index (χ1v) is 10.4. The smallest absolute Gasteiger partial charge is 1.00 e. The van der Waals surface area contributed by atoms with Crippen LogP contribution in [0.4, 0.5) is 5.69 Å². The Hall–Kier alpha value is -1.99. The number of unbranched alkanes of at least 4 members (excludes halogenated alkanes) is 2. The van der Waals surface area contributed by atoms with Crippen LogP contribution in [0.15, 0.2) is 48.5 Å². The fourth-order valence-corrected chi connectivity index (χ4v) is 3.09. The van der Waals surface area contributed by atoms with Gasteiger partial charge in [-0.1, -0.05) is 18.2 Å². The molecule has 0 radical (unpaired) electrons. The summed E-state index contributed by atoms with van der Waals surface area (Å²) in [5, 5.41) is 2.84. The minimum Gasteiger partial charge on any atom is -1.00 e. The van der Waals surface area contributed by atoms with E-state index in [0.29, 0.717) is 30.4 Å². The van der Waals surface area contributed by atoms with E-state index in [4.69, 9.17) is 14.2 Å². The molecule has 3 rings (SSSR count). The van der Waals surface area contributed by atoms with Gasteiger partial charge in [0.05, 0.1) is 12.3 Å². The van der Waals surface area contributed by atoms with Crippen LogP contribution in [0.1, 0.15) is 26.3 Å². The summed E-state index contributed by atoms with van der Waals surface area (Å²) >= 11 is 0. The number of hydrogen-bond donors (Lipinski definition) is 1. The third kappa shape index (κ3) is 8.57. The summed E-state index contributed by atoms with van der Waals surface area (Å²) in [6, 6.07) is 13.2. The maximum absolute atomic E-state index is 12.3. The molecule has 0 saturated heterocycles. The van der Waals surface area contributed by atoms with Gasteiger partial charge in [-0.3, -0.25) is 4.79 Å². The van der Waals surface area contributed by atoms with Gasteiger partial charge in [-0.25, -0.2) is 0 Å². The summed E-state index contributed by atoms with van der Waals surface area (Å²) in [5.74, 6) is 1.85. The molecule has 1 heterocycles. The standard InChI is InChI=1S/C24H30N2O4.Na.H/c1-26(2)15-4-3-5-16-28-20-12-9-19(10-13-20)11-14-23(27)25-21-7-6-8-22-24(21)30-18-17-29-22;;/h6-14H,3-5,15-18H2,1-2H3,(H,25,27);;/q;+1;-1/b14-11+;;. The summed E-state index contributed by atoms with van der Waals surface area (Å²) in [6.07, 6.45) is 6.67. The van der Waals surface area contributed by atoms with Crippen LogP contribution in [0.25, 0.3) is 6.08 Å². The van der Waals surface area contributed by atoms with Crippen molar-refractivity contribution in [1.29, 1.82) is 0 Å². The first-order chi connectivity index (χ1) is 14.6. The first-order valence-electron chi connectivity index (χ1n) is 10.4. The van der Waals surface area contributed by atoms with E-state index in [-0.39, 0.29) is 36.9 Å². The molecular formula is C24H31N2NaO4. The number of carbonyl (C=O) groups excluding carboxylic acids is 1. The second kappa shape index (κ2) is 13.4. The average Bonchev–Trinajstić information content (AvgIpc) is 2.75. The summed E-state index contributed by atoms with van der Waals surface area (Å²) in [6.45, 7) is 2.82. The monoisotopic (exact) mass is 434 g/mol. The molecule has 0 spiro atoms. The molecule has 2 aromatic carbocycles. The number of amides is 1. The van der Waals surface area contributed by atoms with Crippen molar-refractivity contribution in [2.45, 2.75) is 19.3 Å². The average molecular weight is 435 g/mol. The Bertz CT molecular complexity index is 860. The van der Waals surface area contributed by atoms with Gasteiger partial charge < -0.3 is 25.9 Å². The largest absolute Gasteiger partial charge is 1.00 e. The molecule has 1 aliphatic rings. The molecule has 1 aliphatic heterocycles. The van der Waals surface area contributed by atoms with Gasteiger partial charge in [0.1, 0.15) is 19.0 Å².